The minimum atomic E-state index is 0.174. The number of benzene rings is 9. The summed E-state index contributed by atoms with van der Waals surface area (Å²) in [6, 6.07) is 76.2. The van der Waals surface area contributed by atoms with E-state index in [2.05, 4.69) is 264 Å². The lowest BCUT2D eigenvalue weighted by molar-refractivity contribution is 0.755. The predicted molar refractivity (Wildman–Crippen MR) is 302 cm³/mol. The van der Waals surface area contributed by atoms with Gasteiger partial charge < -0.3 is 9.47 Å². The Bertz CT molecular complexity index is 3770. The summed E-state index contributed by atoms with van der Waals surface area (Å²) >= 11 is 0. The molecule has 13 rings (SSSR count). The first-order valence-electron chi connectivity index (χ1n) is 25.4. The molecule has 0 saturated carbocycles. The third-order valence-electron chi connectivity index (χ3n) is 15.2. The standard InChI is InChI=1S/C69H54N2/c1-3-18-48(19-4-1)50-34-36-51(37-35-50)53-40-44-58(45-41-53)70(57-42-38-52(39-43-57)49-20-5-2-6-21-49)65-31-15-13-26-60(65)54-22-7-8-23-55(46-54)61-30-17-33-67-69(61)64-29-14-16-32-66(64)71(67)68-47-56-24-9-10-25-59(56)62-27-11-12-28-63(62)68/h1-6,8-10,12-21,23-26,28-40,42-47,53-54H,7,11,22,27,41H2. The molecule has 1 heterocycles. The molecular weight excluding hydrogens is 857 g/mol. The SMILES string of the molecule is C1=Cc2c(-n3c4ccccc4c4c(C5=CC(c6ccccc6N(C6=CCC(c7ccc(-c8ccccc8)cc7)C=C6)c6ccc(-c7ccccc7)cc6)CCC=C5)cccc43)cc3ccccc3c2CC1. The minimum absolute atomic E-state index is 0.174. The number of anilines is 2. The number of aromatic nitrogens is 1. The molecule has 0 bridgehead atoms. The average Bonchev–Trinajstić information content (AvgIpc) is 3.58. The first-order valence-corrected chi connectivity index (χ1v) is 25.4. The molecule has 0 saturated heterocycles. The van der Waals surface area contributed by atoms with Gasteiger partial charge in [-0.2, -0.15) is 0 Å². The van der Waals surface area contributed by atoms with E-state index in [1.165, 1.54) is 105 Å². The van der Waals surface area contributed by atoms with Crippen LogP contribution >= 0.6 is 0 Å². The molecule has 71 heavy (non-hydrogen) atoms. The zero-order chi connectivity index (χ0) is 47.1. The van der Waals surface area contributed by atoms with Gasteiger partial charge in [-0.1, -0.05) is 212 Å². The summed E-state index contributed by atoms with van der Waals surface area (Å²) in [7, 11) is 0. The molecule has 9 aromatic carbocycles. The molecule has 0 amide bonds. The number of aryl methyl sites for hydroxylation is 1. The van der Waals surface area contributed by atoms with Crippen LogP contribution in [0.1, 0.15) is 65.3 Å². The number of allylic oxidation sites excluding steroid dienone is 8. The van der Waals surface area contributed by atoms with Gasteiger partial charge >= 0.3 is 0 Å². The third-order valence-corrected chi connectivity index (χ3v) is 15.2. The van der Waals surface area contributed by atoms with E-state index in [1.54, 1.807) is 0 Å². The molecule has 0 fully saturated rings. The van der Waals surface area contributed by atoms with E-state index in [4.69, 9.17) is 0 Å². The number of hydrogen-bond acceptors (Lipinski definition) is 1. The highest BCUT2D eigenvalue weighted by atomic mass is 15.1. The molecule has 0 aliphatic heterocycles. The van der Waals surface area contributed by atoms with Crippen LogP contribution in [0.2, 0.25) is 0 Å². The lowest BCUT2D eigenvalue weighted by Crippen LogP contribution is -2.19. The van der Waals surface area contributed by atoms with Crippen LogP contribution in [0, 0.1) is 0 Å². The monoisotopic (exact) mass is 910 g/mol. The molecule has 10 aromatic rings. The van der Waals surface area contributed by atoms with Crippen molar-refractivity contribution in [2.75, 3.05) is 4.90 Å². The number of nitrogens with zero attached hydrogens (tertiary/aromatic N) is 2. The second kappa shape index (κ2) is 18.5. The van der Waals surface area contributed by atoms with Crippen LogP contribution in [0.15, 0.2) is 254 Å². The highest BCUT2D eigenvalue weighted by molar-refractivity contribution is 6.15. The number of para-hydroxylation sites is 2. The zero-order valence-corrected chi connectivity index (χ0v) is 39.8. The van der Waals surface area contributed by atoms with Gasteiger partial charge in [0, 0.05) is 45.2 Å². The molecule has 0 radical (unpaired) electrons. The van der Waals surface area contributed by atoms with Crippen molar-refractivity contribution in [2.24, 2.45) is 0 Å². The van der Waals surface area contributed by atoms with E-state index >= 15 is 0 Å². The maximum Gasteiger partial charge on any atom is 0.0547 e. The largest absolute Gasteiger partial charge is 0.311 e. The Labute approximate surface area is 417 Å². The van der Waals surface area contributed by atoms with Crippen LogP contribution in [-0.2, 0) is 6.42 Å². The zero-order valence-electron chi connectivity index (χ0n) is 39.8. The van der Waals surface area contributed by atoms with E-state index < -0.39 is 0 Å². The molecule has 2 unspecified atom stereocenters. The van der Waals surface area contributed by atoms with Crippen molar-refractivity contribution in [1.29, 1.82) is 0 Å². The van der Waals surface area contributed by atoms with Gasteiger partial charge in [0.2, 0.25) is 0 Å². The van der Waals surface area contributed by atoms with E-state index in [0.717, 1.165) is 37.8 Å². The van der Waals surface area contributed by atoms with Crippen molar-refractivity contribution < 1.29 is 0 Å². The van der Waals surface area contributed by atoms with Crippen molar-refractivity contribution in [1.82, 2.24) is 4.57 Å². The molecule has 0 N–H and O–H groups in total. The number of fused-ring (bicyclic) bond motifs is 6. The molecular formula is C69H54N2. The molecule has 3 aliphatic carbocycles. The van der Waals surface area contributed by atoms with Gasteiger partial charge in [-0.05, 0) is 135 Å². The molecule has 2 nitrogen and oxygen atoms in total. The van der Waals surface area contributed by atoms with Gasteiger partial charge in [0.25, 0.3) is 0 Å². The maximum absolute atomic E-state index is 2.57. The van der Waals surface area contributed by atoms with E-state index in [-0.39, 0.29) is 5.92 Å². The van der Waals surface area contributed by atoms with Gasteiger partial charge in [0.1, 0.15) is 0 Å². The topological polar surface area (TPSA) is 8.17 Å². The quantitative estimate of drug-likeness (QED) is 0.140. The fraction of sp³-hybridized carbons (Fsp3) is 0.101. The minimum Gasteiger partial charge on any atom is -0.311 e. The Morgan fingerprint density at radius 1 is 0.507 bits per heavy atom. The second-order valence-corrected chi connectivity index (χ2v) is 19.3. The summed E-state index contributed by atoms with van der Waals surface area (Å²) in [6.07, 6.45) is 24.4. The van der Waals surface area contributed by atoms with Crippen LogP contribution in [0.25, 0.3) is 72.2 Å². The Morgan fingerprint density at radius 2 is 1.17 bits per heavy atom. The van der Waals surface area contributed by atoms with Gasteiger partial charge in [-0.25, -0.2) is 0 Å². The molecule has 340 valence electrons. The first kappa shape index (κ1) is 42.6. The Kier molecular flexibility index (Phi) is 11.1. The van der Waals surface area contributed by atoms with Crippen LogP contribution in [-0.4, -0.2) is 4.57 Å². The first-order chi connectivity index (χ1) is 35.2. The third kappa shape index (κ3) is 7.87. The number of rotatable bonds is 9. The van der Waals surface area contributed by atoms with Gasteiger partial charge in [-0.3, -0.25) is 0 Å². The molecule has 1 aromatic heterocycles. The summed E-state index contributed by atoms with van der Waals surface area (Å²) in [4.78, 5) is 2.51. The average molecular weight is 911 g/mol. The van der Waals surface area contributed by atoms with Crippen LogP contribution in [0.4, 0.5) is 11.4 Å². The predicted octanol–water partition coefficient (Wildman–Crippen LogP) is 18.5. The molecule has 2 atom stereocenters. The van der Waals surface area contributed by atoms with Crippen molar-refractivity contribution in [3.63, 3.8) is 0 Å². The van der Waals surface area contributed by atoms with E-state index in [1.807, 2.05) is 0 Å². The smallest absolute Gasteiger partial charge is 0.0547 e. The lowest BCUT2D eigenvalue weighted by Gasteiger charge is -2.32. The van der Waals surface area contributed by atoms with Crippen molar-refractivity contribution in [2.45, 2.75) is 43.9 Å². The van der Waals surface area contributed by atoms with Crippen molar-refractivity contribution >= 4 is 55.6 Å². The normalized spacial score (nSPS) is 16.5. The Morgan fingerprint density at radius 3 is 1.94 bits per heavy atom. The van der Waals surface area contributed by atoms with E-state index in [0.29, 0.717) is 5.92 Å². The molecule has 0 spiro atoms. The summed E-state index contributed by atoms with van der Waals surface area (Å²) in [5.74, 6) is 0.476. The van der Waals surface area contributed by atoms with Crippen LogP contribution in [0.5, 0.6) is 0 Å². The summed E-state index contributed by atoms with van der Waals surface area (Å²) in [5.41, 5.74) is 20.2. The summed E-state index contributed by atoms with van der Waals surface area (Å²) < 4.78 is 2.54. The van der Waals surface area contributed by atoms with Crippen molar-refractivity contribution in [3.05, 3.63) is 282 Å². The summed E-state index contributed by atoms with van der Waals surface area (Å²) in [6.45, 7) is 0. The second-order valence-electron chi connectivity index (χ2n) is 19.3. The lowest BCUT2D eigenvalue weighted by atomic mass is 9.88. The van der Waals surface area contributed by atoms with Crippen molar-refractivity contribution in [3.8, 4) is 27.9 Å². The molecule has 2 heteroatoms. The van der Waals surface area contributed by atoms with Gasteiger partial charge in [-0.15, -0.1) is 0 Å². The Hall–Kier alpha value is -8.46. The van der Waals surface area contributed by atoms with Crippen LogP contribution < -0.4 is 4.90 Å². The van der Waals surface area contributed by atoms with Crippen LogP contribution in [0.3, 0.4) is 0 Å². The summed E-state index contributed by atoms with van der Waals surface area (Å²) in [5, 5.41) is 5.24. The maximum atomic E-state index is 2.57. The van der Waals surface area contributed by atoms with E-state index in [9.17, 15) is 0 Å². The van der Waals surface area contributed by atoms with Gasteiger partial charge in [0.05, 0.1) is 16.7 Å². The fourth-order valence-corrected chi connectivity index (χ4v) is 11.7. The fourth-order valence-electron chi connectivity index (χ4n) is 11.7. The highest BCUT2D eigenvalue weighted by Gasteiger charge is 2.26. The highest BCUT2D eigenvalue weighted by Crippen LogP contribution is 2.45. The number of hydrogen-bond donors (Lipinski definition) is 0. The molecule has 3 aliphatic rings. The van der Waals surface area contributed by atoms with Gasteiger partial charge in [0.15, 0.2) is 0 Å². The Balaban J connectivity index is 0.906.